The fourth-order valence-electron chi connectivity index (χ4n) is 2.57. The summed E-state index contributed by atoms with van der Waals surface area (Å²) in [5, 5.41) is 9.82. The monoisotopic (exact) mass is 363 g/mol. The van der Waals surface area contributed by atoms with Crippen molar-refractivity contribution in [1.82, 2.24) is 15.8 Å². The number of benzene rings is 1. The molecule has 0 atom stereocenters. The Bertz CT molecular complexity index is 671. The summed E-state index contributed by atoms with van der Waals surface area (Å²) in [6.45, 7) is 5.27. The smallest absolute Gasteiger partial charge is 0.339 e. The Morgan fingerprint density at radius 2 is 1.77 bits per heavy atom. The summed E-state index contributed by atoms with van der Waals surface area (Å²) in [7, 11) is 1.26. The van der Waals surface area contributed by atoms with Crippen molar-refractivity contribution in [3.8, 4) is 0 Å². The van der Waals surface area contributed by atoms with Gasteiger partial charge in [-0.2, -0.15) is 0 Å². The number of anilines is 2. The van der Waals surface area contributed by atoms with E-state index in [2.05, 4.69) is 21.4 Å². The van der Waals surface area contributed by atoms with E-state index in [4.69, 9.17) is 4.74 Å². The number of esters is 1. The highest BCUT2D eigenvalue weighted by Gasteiger charge is 2.17. The number of carbonyl (C=O) groups is 3. The summed E-state index contributed by atoms with van der Waals surface area (Å²) in [6, 6.07) is 3.67. The molecule has 0 unspecified atom stereocenters. The van der Waals surface area contributed by atoms with Crippen molar-refractivity contribution in [3.05, 3.63) is 23.8 Å². The SMILES string of the molecule is COC(=O)c1ccc(NC(=O)NN2CCCC2)cc1NC(=O)NC(C)C. The standard InChI is InChI=1S/C17H25N5O4/c1-11(2)18-16(24)20-14-10-12(6-7-13(14)15(23)26-3)19-17(25)21-22-8-4-5-9-22/h6-7,10-11H,4-5,8-9H2,1-3H3,(H2,18,20,24)(H2,19,21,25). The van der Waals surface area contributed by atoms with E-state index in [0.29, 0.717) is 5.69 Å². The average Bonchev–Trinajstić information content (AvgIpc) is 3.06. The maximum absolute atomic E-state index is 12.1. The summed E-state index contributed by atoms with van der Waals surface area (Å²) in [5.41, 5.74) is 3.63. The van der Waals surface area contributed by atoms with Gasteiger partial charge >= 0.3 is 18.0 Å². The lowest BCUT2D eigenvalue weighted by atomic mass is 10.1. The molecule has 9 heteroatoms. The molecular weight excluding hydrogens is 338 g/mol. The van der Waals surface area contributed by atoms with Gasteiger partial charge < -0.3 is 20.7 Å². The second-order valence-corrected chi connectivity index (χ2v) is 6.27. The lowest BCUT2D eigenvalue weighted by Gasteiger charge is -2.18. The van der Waals surface area contributed by atoms with Gasteiger partial charge in [0.1, 0.15) is 0 Å². The number of nitrogens with zero attached hydrogens (tertiary/aromatic N) is 1. The Morgan fingerprint density at radius 1 is 1.08 bits per heavy atom. The molecule has 4 amide bonds. The van der Waals surface area contributed by atoms with Gasteiger partial charge in [-0.05, 0) is 44.9 Å². The molecule has 0 aromatic heterocycles. The van der Waals surface area contributed by atoms with Gasteiger partial charge in [-0.25, -0.2) is 19.4 Å². The molecule has 142 valence electrons. The first kappa shape index (κ1) is 19.5. The molecule has 1 fully saturated rings. The Kier molecular flexibility index (Phi) is 6.79. The van der Waals surface area contributed by atoms with Crippen LogP contribution in [0.25, 0.3) is 0 Å². The minimum Gasteiger partial charge on any atom is -0.465 e. The molecule has 4 N–H and O–H groups in total. The molecule has 0 radical (unpaired) electrons. The van der Waals surface area contributed by atoms with Crippen LogP contribution >= 0.6 is 0 Å². The van der Waals surface area contributed by atoms with Crippen LogP contribution in [0.3, 0.4) is 0 Å². The van der Waals surface area contributed by atoms with Crippen LogP contribution in [0.15, 0.2) is 18.2 Å². The molecule has 0 spiro atoms. The minimum atomic E-state index is -0.585. The highest BCUT2D eigenvalue weighted by atomic mass is 16.5. The number of hydrazine groups is 1. The number of ether oxygens (including phenoxy) is 1. The van der Waals surface area contributed by atoms with Crippen molar-refractivity contribution in [2.45, 2.75) is 32.7 Å². The molecule has 9 nitrogen and oxygen atoms in total. The van der Waals surface area contributed by atoms with Gasteiger partial charge in [0.2, 0.25) is 0 Å². The van der Waals surface area contributed by atoms with Gasteiger partial charge in [-0.1, -0.05) is 0 Å². The maximum Gasteiger partial charge on any atom is 0.339 e. The zero-order chi connectivity index (χ0) is 19.1. The first-order chi connectivity index (χ1) is 12.4. The topological polar surface area (TPSA) is 112 Å². The highest BCUT2D eigenvalue weighted by molar-refractivity contribution is 6.02. The van der Waals surface area contributed by atoms with Gasteiger partial charge in [0.25, 0.3) is 0 Å². The summed E-state index contributed by atoms with van der Waals surface area (Å²) in [4.78, 5) is 35.9. The maximum atomic E-state index is 12.1. The van der Waals surface area contributed by atoms with E-state index in [1.54, 1.807) is 6.07 Å². The molecule has 1 saturated heterocycles. The Morgan fingerprint density at radius 3 is 2.38 bits per heavy atom. The molecule has 26 heavy (non-hydrogen) atoms. The fraction of sp³-hybridized carbons (Fsp3) is 0.471. The molecule has 1 heterocycles. The third-order valence-electron chi connectivity index (χ3n) is 3.72. The number of methoxy groups -OCH3 is 1. The van der Waals surface area contributed by atoms with Crippen LogP contribution < -0.4 is 21.4 Å². The number of urea groups is 2. The zero-order valence-corrected chi connectivity index (χ0v) is 15.2. The number of rotatable bonds is 5. The van der Waals surface area contributed by atoms with E-state index < -0.39 is 12.0 Å². The van der Waals surface area contributed by atoms with Crippen LogP contribution in [0.5, 0.6) is 0 Å². The van der Waals surface area contributed by atoms with E-state index in [9.17, 15) is 14.4 Å². The van der Waals surface area contributed by atoms with Crippen LogP contribution in [0.4, 0.5) is 21.0 Å². The molecule has 1 aromatic carbocycles. The van der Waals surface area contributed by atoms with Gasteiger partial charge in [-0.3, -0.25) is 5.43 Å². The third kappa shape index (κ3) is 5.62. The van der Waals surface area contributed by atoms with Crippen molar-refractivity contribution >= 4 is 29.4 Å². The highest BCUT2D eigenvalue weighted by Crippen LogP contribution is 2.22. The van der Waals surface area contributed by atoms with Gasteiger partial charge in [0.05, 0.1) is 18.4 Å². The van der Waals surface area contributed by atoms with Crippen LogP contribution in [0, 0.1) is 0 Å². The summed E-state index contributed by atoms with van der Waals surface area (Å²) in [5.74, 6) is -0.585. The van der Waals surface area contributed by atoms with Crippen LogP contribution in [-0.2, 0) is 4.74 Å². The van der Waals surface area contributed by atoms with Crippen LogP contribution in [0.2, 0.25) is 0 Å². The summed E-state index contributed by atoms with van der Waals surface area (Å²) < 4.78 is 4.73. The Labute approximate surface area is 152 Å². The molecule has 1 aromatic rings. The van der Waals surface area contributed by atoms with Gasteiger partial charge in [0.15, 0.2) is 0 Å². The molecule has 1 aliphatic rings. The number of hydrogen-bond acceptors (Lipinski definition) is 5. The molecular formula is C17H25N5O4. The second-order valence-electron chi connectivity index (χ2n) is 6.27. The Hall–Kier alpha value is -2.81. The number of nitrogens with one attached hydrogen (secondary N) is 4. The van der Waals surface area contributed by atoms with Gasteiger partial charge in [-0.15, -0.1) is 0 Å². The van der Waals surface area contributed by atoms with E-state index in [1.165, 1.54) is 19.2 Å². The number of hydrogen-bond donors (Lipinski definition) is 4. The van der Waals surface area contributed by atoms with Gasteiger partial charge in [0, 0.05) is 24.8 Å². The van der Waals surface area contributed by atoms with E-state index in [1.807, 2.05) is 18.9 Å². The molecule has 2 rings (SSSR count). The van der Waals surface area contributed by atoms with E-state index in [-0.39, 0.29) is 23.3 Å². The molecule has 0 aliphatic carbocycles. The predicted octanol–water partition coefficient (Wildman–Crippen LogP) is 2.14. The predicted molar refractivity (Wildman–Crippen MR) is 98.0 cm³/mol. The average molecular weight is 363 g/mol. The van der Waals surface area contributed by atoms with Crippen molar-refractivity contribution < 1.29 is 19.1 Å². The van der Waals surface area contributed by atoms with Crippen molar-refractivity contribution in [3.63, 3.8) is 0 Å². The van der Waals surface area contributed by atoms with Crippen LogP contribution in [-0.4, -0.2) is 49.3 Å². The number of carbonyl (C=O) groups excluding carboxylic acids is 3. The quantitative estimate of drug-likeness (QED) is 0.599. The zero-order valence-electron chi connectivity index (χ0n) is 15.2. The summed E-state index contributed by atoms with van der Waals surface area (Å²) >= 11 is 0. The first-order valence-electron chi connectivity index (χ1n) is 8.51. The molecule has 0 bridgehead atoms. The van der Waals surface area contributed by atoms with Crippen molar-refractivity contribution in [1.29, 1.82) is 0 Å². The van der Waals surface area contributed by atoms with Crippen molar-refractivity contribution in [2.24, 2.45) is 0 Å². The molecule has 1 aliphatic heterocycles. The van der Waals surface area contributed by atoms with E-state index in [0.717, 1.165) is 25.9 Å². The Balaban J connectivity index is 2.11. The second kappa shape index (κ2) is 9.04. The van der Waals surface area contributed by atoms with Crippen LogP contribution in [0.1, 0.15) is 37.0 Å². The first-order valence-corrected chi connectivity index (χ1v) is 8.51. The minimum absolute atomic E-state index is 0.0656. The molecule has 0 saturated carbocycles. The van der Waals surface area contributed by atoms with E-state index >= 15 is 0 Å². The summed E-state index contributed by atoms with van der Waals surface area (Å²) in [6.07, 6.45) is 2.10. The van der Waals surface area contributed by atoms with Crippen molar-refractivity contribution in [2.75, 3.05) is 30.8 Å². The fourth-order valence-corrected chi connectivity index (χ4v) is 2.57. The normalized spacial score (nSPS) is 14.0. The lowest BCUT2D eigenvalue weighted by molar-refractivity contribution is 0.0602. The lowest BCUT2D eigenvalue weighted by Crippen LogP contribution is -2.42. The third-order valence-corrected chi connectivity index (χ3v) is 3.72. The largest absolute Gasteiger partial charge is 0.465 e. The number of amides is 4.